The van der Waals surface area contributed by atoms with E-state index in [1.807, 2.05) is 0 Å². The molecule has 2 aromatic rings. The molecule has 0 bridgehead atoms. The Bertz CT molecular complexity index is 894. The van der Waals surface area contributed by atoms with Crippen molar-refractivity contribution >= 4 is 9.84 Å². The van der Waals surface area contributed by atoms with Gasteiger partial charge in [0.2, 0.25) is 0 Å². The van der Waals surface area contributed by atoms with Crippen molar-refractivity contribution in [3.8, 4) is 11.5 Å². The number of aromatic nitrogens is 2. The molecule has 0 unspecified atom stereocenters. The summed E-state index contributed by atoms with van der Waals surface area (Å²) in [4.78, 5) is 7.50. The van der Waals surface area contributed by atoms with Gasteiger partial charge in [0, 0.05) is 24.3 Å². The summed E-state index contributed by atoms with van der Waals surface area (Å²) in [6, 6.07) is 7.44. The molecule has 0 atom stereocenters. The molecule has 0 N–H and O–H groups in total. The summed E-state index contributed by atoms with van der Waals surface area (Å²) in [6.07, 6.45) is 12.6. The van der Waals surface area contributed by atoms with Crippen molar-refractivity contribution in [3.05, 3.63) is 30.1 Å². The van der Waals surface area contributed by atoms with Crippen LogP contribution in [0.1, 0.15) is 57.2 Å². The molecule has 4 rings (SSSR count). The molecule has 2 aliphatic rings. The molecule has 1 saturated carbocycles. The van der Waals surface area contributed by atoms with Crippen molar-refractivity contribution in [2.45, 2.75) is 68.7 Å². The molecule has 0 spiro atoms. The van der Waals surface area contributed by atoms with Gasteiger partial charge in [0.25, 0.3) is 5.89 Å². The van der Waals surface area contributed by atoms with Crippen LogP contribution in [0, 0.1) is 5.92 Å². The fourth-order valence-corrected chi connectivity index (χ4v) is 5.37. The molecule has 158 valence electrons. The summed E-state index contributed by atoms with van der Waals surface area (Å²) in [7, 11) is -3.20. The van der Waals surface area contributed by atoms with Gasteiger partial charge in [0.1, 0.15) is 0 Å². The van der Waals surface area contributed by atoms with E-state index >= 15 is 0 Å². The predicted octanol–water partition coefficient (Wildman–Crippen LogP) is 4.12. The highest BCUT2D eigenvalue weighted by Crippen LogP contribution is 2.29. The van der Waals surface area contributed by atoms with Crippen LogP contribution in [0.4, 0.5) is 0 Å². The maximum absolute atomic E-state index is 11.6. The van der Waals surface area contributed by atoms with Crippen LogP contribution in [0.15, 0.2) is 33.7 Å². The predicted molar refractivity (Wildman–Crippen MR) is 112 cm³/mol. The van der Waals surface area contributed by atoms with E-state index < -0.39 is 9.84 Å². The zero-order chi connectivity index (χ0) is 20.3. The van der Waals surface area contributed by atoms with Gasteiger partial charge >= 0.3 is 0 Å². The van der Waals surface area contributed by atoms with Crippen LogP contribution in [0.5, 0.6) is 0 Å². The third-order valence-corrected chi connectivity index (χ3v) is 7.63. The van der Waals surface area contributed by atoms with Gasteiger partial charge in [-0.1, -0.05) is 18.0 Å². The fourth-order valence-electron chi connectivity index (χ4n) is 4.74. The minimum absolute atomic E-state index is 0.292. The van der Waals surface area contributed by atoms with Gasteiger partial charge in [-0.2, -0.15) is 4.98 Å². The molecule has 0 amide bonds. The molecule has 1 aliphatic carbocycles. The first kappa shape index (κ1) is 20.5. The monoisotopic (exact) mass is 417 g/mol. The van der Waals surface area contributed by atoms with Crippen LogP contribution in [0.2, 0.25) is 0 Å². The summed E-state index contributed by atoms with van der Waals surface area (Å²) in [5.74, 6) is 2.00. The molecule has 1 saturated heterocycles. The topological polar surface area (TPSA) is 76.3 Å². The van der Waals surface area contributed by atoms with Crippen molar-refractivity contribution in [3.63, 3.8) is 0 Å². The summed E-state index contributed by atoms with van der Waals surface area (Å²) < 4.78 is 28.5. The van der Waals surface area contributed by atoms with E-state index in [9.17, 15) is 8.42 Å². The Kier molecular flexibility index (Phi) is 6.35. The van der Waals surface area contributed by atoms with E-state index in [0.29, 0.717) is 10.8 Å². The number of hydrogen-bond donors (Lipinski definition) is 0. The third kappa shape index (κ3) is 5.25. The minimum Gasteiger partial charge on any atom is -0.334 e. The third-order valence-electron chi connectivity index (χ3n) is 6.50. The van der Waals surface area contributed by atoms with Gasteiger partial charge in [-0.25, -0.2) is 8.42 Å². The highest BCUT2D eigenvalue weighted by molar-refractivity contribution is 7.90. The Hall–Kier alpha value is -1.73. The van der Waals surface area contributed by atoms with E-state index in [2.05, 4.69) is 15.0 Å². The van der Waals surface area contributed by atoms with Crippen molar-refractivity contribution < 1.29 is 12.9 Å². The number of piperidine rings is 1. The van der Waals surface area contributed by atoms with Gasteiger partial charge < -0.3 is 9.42 Å². The zero-order valence-corrected chi connectivity index (χ0v) is 18.0. The van der Waals surface area contributed by atoms with E-state index in [4.69, 9.17) is 4.52 Å². The van der Waals surface area contributed by atoms with Crippen molar-refractivity contribution in [2.75, 3.05) is 19.3 Å². The van der Waals surface area contributed by atoms with Crippen molar-refractivity contribution in [2.24, 2.45) is 5.92 Å². The quantitative estimate of drug-likeness (QED) is 0.675. The Morgan fingerprint density at radius 1 is 1.07 bits per heavy atom. The average Bonchev–Trinajstić information content (AvgIpc) is 3.40. The Labute approximate surface area is 173 Å². The molecule has 1 aliphatic heterocycles. The highest BCUT2D eigenvalue weighted by atomic mass is 32.2. The SMILES string of the molecule is CS(=O)(=O)c1ccc(-c2nc(CCCC3CCN(C4CCCC4)CC3)no2)cc1. The lowest BCUT2D eigenvalue weighted by molar-refractivity contribution is 0.130. The van der Waals surface area contributed by atoms with Crippen molar-refractivity contribution in [1.29, 1.82) is 0 Å². The second kappa shape index (κ2) is 8.96. The van der Waals surface area contributed by atoms with Crippen LogP contribution >= 0.6 is 0 Å². The van der Waals surface area contributed by atoms with Gasteiger partial charge in [0.05, 0.1) is 4.90 Å². The first-order valence-corrected chi connectivity index (χ1v) is 12.8. The number of benzene rings is 1. The van der Waals surface area contributed by atoms with E-state index in [-0.39, 0.29) is 0 Å². The summed E-state index contributed by atoms with van der Waals surface area (Å²) >= 11 is 0. The largest absolute Gasteiger partial charge is 0.334 e. The van der Waals surface area contributed by atoms with Crippen LogP contribution in [-0.4, -0.2) is 48.8 Å². The molecular weight excluding hydrogens is 386 g/mol. The maximum atomic E-state index is 11.6. The summed E-state index contributed by atoms with van der Waals surface area (Å²) in [5.41, 5.74) is 0.746. The lowest BCUT2D eigenvalue weighted by Crippen LogP contribution is -2.40. The minimum atomic E-state index is -3.20. The number of likely N-dealkylation sites (tertiary alicyclic amines) is 1. The first-order chi connectivity index (χ1) is 14.0. The van der Waals surface area contributed by atoms with E-state index in [1.165, 1.54) is 64.3 Å². The van der Waals surface area contributed by atoms with Crippen LogP contribution < -0.4 is 0 Å². The Morgan fingerprint density at radius 2 is 1.76 bits per heavy atom. The molecule has 2 heterocycles. The van der Waals surface area contributed by atoms with E-state index in [1.54, 1.807) is 24.3 Å². The molecule has 7 heteroatoms. The number of aryl methyl sites for hydroxylation is 1. The standard InChI is InChI=1S/C22H31N3O3S/c1-29(26,27)20-11-9-18(10-12-20)22-23-21(24-28-22)8-4-5-17-13-15-25(16-14-17)19-6-2-3-7-19/h9-12,17,19H,2-8,13-16H2,1H3. The number of hydrogen-bond acceptors (Lipinski definition) is 6. The molecule has 6 nitrogen and oxygen atoms in total. The molecule has 2 fully saturated rings. The second-order valence-corrected chi connectivity index (χ2v) is 10.6. The average molecular weight is 418 g/mol. The van der Waals surface area contributed by atoms with Gasteiger partial charge in [-0.15, -0.1) is 0 Å². The van der Waals surface area contributed by atoms with Gasteiger partial charge in [-0.05, 0) is 81.8 Å². The number of rotatable bonds is 7. The lowest BCUT2D eigenvalue weighted by atomic mass is 9.90. The van der Waals surface area contributed by atoms with Gasteiger partial charge in [0.15, 0.2) is 15.7 Å². The van der Waals surface area contributed by atoms with Crippen LogP contribution in [0.25, 0.3) is 11.5 Å². The number of sulfone groups is 1. The normalized spacial score (nSPS) is 19.8. The maximum Gasteiger partial charge on any atom is 0.257 e. The highest BCUT2D eigenvalue weighted by Gasteiger charge is 2.26. The molecule has 1 aromatic heterocycles. The van der Waals surface area contributed by atoms with Gasteiger partial charge in [-0.3, -0.25) is 0 Å². The lowest BCUT2D eigenvalue weighted by Gasteiger charge is -2.36. The summed E-state index contributed by atoms with van der Waals surface area (Å²) in [5, 5.41) is 4.10. The molecule has 0 radical (unpaired) electrons. The zero-order valence-electron chi connectivity index (χ0n) is 17.2. The Balaban J connectivity index is 1.23. The molecule has 1 aromatic carbocycles. The van der Waals surface area contributed by atoms with E-state index in [0.717, 1.165) is 36.2 Å². The first-order valence-electron chi connectivity index (χ1n) is 10.9. The van der Waals surface area contributed by atoms with Crippen molar-refractivity contribution in [1.82, 2.24) is 15.0 Å². The number of nitrogens with zero attached hydrogens (tertiary/aromatic N) is 3. The fraction of sp³-hybridized carbons (Fsp3) is 0.636. The molecule has 29 heavy (non-hydrogen) atoms. The molecular formula is C22H31N3O3S. The summed E-state index contributed by atoms with van der Waals surface area (Å²) in [6.45, 7) is 2.54. The smallest absolute Gasteiger partial charge is 0.257 e. The Morgan fingerprint density at radius 3 is 2.41 bits per heavy atom. The second-order valence-electron chi connectivity index (χ2n) is 8.62. The van der Waals surface area contributed by atoms with Crippen LogP contribution in [-0.2, 0) is 16.3 Å². The van der Waals surface area contributed by atoms with Crippen LogP contribution in [0.3, 0.4) is 0 Å².